The van der Waals surface area contributed by atoms with Crippen LogP contribution in [0.15, 0.2) is 30.5 Å². The molecule has 0 N–H and O–H groups in total. The summed E-state index contributed by atoms with van der Waals surface area (Å²) in [4.78, 5) is 25.0. The Kier molecular flexibility index (Phi) is 4.27. The lowest BCUT2D eigenvalue weighted by molar-refractivity contribution is 0.0529. The van der Waals surface area contributed by atoms with Gasteiger partial charge in [0, 0.05) is 12.1 Å². The number of hydrogen-bond acceptors (Lipinski definition) is 3. The van der Waals surface area contributed by atoms with Crippen LogP contribution in [0.1, 0.15) is 59.9 Å². The maximum Gasteiger partial charge on any atom is 0.340 e. The van der Waals surface area contributed by atoms with Crippen LogP contribution < -0.4 is 0 Å². The summed E-state index contributed by atoms with van der Waals surface area (Å²) in [5.41, 5.74) is 1.81. The molecule has 0 saturated heterocycles. The van der Waals surface area contributed by atoms with Crippen molar-refractivity contribution >= 4 is 17.3 Å². The Morgan fingerprint density at radius 2 is 2.00 bits per heavy atom. The average molecular weight is 299 g/mol. The Labute approximate surface area is 130 Å². The molecule has 4 heteroatoms. The fraction of sp³-hybridized carbons (Fsp3) is 0.444. The molecule has 3 rings (SSSR count). The number of nitrogens with zero attached hydrogens (tertiary/aromatic N) is 1. The van der Waals surface area contributed by atoms with Crippen LogP contribution in [0, 0.1) is 5.92 Å². The first-order valence-corrected chi connectivity index (χ1v) is 8.03. The largest absolute Gasteiger partial charge is 0.462 e. The second kappa shape index (κ2) is 6.34. The summed E-state index contributed by atoms with van der Waals surface area (Å²) in [6.07, 6.45) is 7.19. The molecule has 0 bridgehead atoms. The van der Waals surface area contributed by atoms with Crippen LogP contribution in [0.5, 0.6) is 0 Å². The van der Waals surface area contributed by atoms with Crippen molar-refractivity contribution in [3.05, 3.63) is 41.7 Å². The summed E-state index contributed by atoms with van der Waals surface area (Å²) in [6, 6.07) is 7.29. The first-order valence-electron chi connectivity index (χ1n) is 8.03. The van der Waals surface area contributed by atoms with Gasteiger partial charge in [-0.05, 0) is 38.0 Å². The Morgan fingerprint density at radius 1 is 1.23 bits per heavy atom. The number of rotatable bonds is 4. The lowest BCUT2D eigenvalue weighted by Crippen LogP contribution is -2.19. The molecule has 1 aliphatic carbocycles. The fourth-order valence-corrected chi connectivity index (χ4v) is 3.29. The number of hydrogen-bond donors (Lipinski definition) is 0. The van der Waals surface area contributed by atoms with Crippen LogP contribution in [0.2, 0.25) is 0 Å². The zero-order valence-corrected chi connectivity index (χ0v) is 12.9. The highest BCUT2D eigenvalue weighted by Gasteiger charge is 2.26. The zero-order chi connectivity index (χ0) is 15.5. The third-order valence-corrected chi connectivity index (χ3v) is 4.40. The van der Waals surface area contributed by atoms with E-state index < -0.39 is 0 Å². The maximum absolute atomic E-state index is 12.8. The number of carbonyl (C=O) groups is 2. The first-order chi connectivity index (χ1) is 10.7. The van der Waals surface area contributed by atoms with Crippen LogP contribution in [0.3, 0.4) is 0 Å². The van der Waals surface area contributed by atoms with Crippen molar-refractivity contribution in [2.24, 2.45) is 5.92 Å². The monoisotopic (exact) mass is 299 g/mol. The number of esters is 1. The van der Waals surface area contributed by atoms with Crippen molar-refractivity contribution in [2.45, 2.75) is 39.0 Å². The number of Topliss-reactive ketones (excluding diaryl/α,β-unsaturated/α-hetero) is 1. The van der Waals surface area contributed by atoms with Gasteiger partial charge >= 0.3 is 5.97 Å². The number of carbonyl (C=O) groups excluding carboxylic acids is 2. The molecule has 0 amide bonds. The SMILES string of the molecule is CCOC(=O)c1cc(C(=O)C2CCCCC2)n2ccccc12. The van der Waals surface area contributed by atoms with Gasteiger partial charge in [0.05, 0.1) is 23.4 Å². The van der Waals surface area contributed by atoms with Crippen molar-refractivity contribution in [3.63, 3.8) is 0 Å². The van der Waals surface area contributed by atoms with E-state index in [1.807, 2.05) is 28.8 Å². The predicted octanol–water partition coefficient (Wildman–Crippen LogP) is 3.88. The molecule has 0 radical (unpaired) electrons. The predicted molar refractivity (Wildman–Crippen MR) is 84.3 cm³/mol. The van der Waals surface area contributed by atoms with E-state index in [9.17, 15) is 9.59 Å². The third kappa shape index (κ3) is 2.65. The molecule has 0 aromatic carbocycles. The number of ketones is 1. The highest BCUT2D eigenvalue weighted by Crippen LogP contribution is 2.28. The fourth-order valence-electron chi connectivity index (χ4n) is 3.29. The van der Waals surface area contributed by atoms with E-state index in [2.05, 4.69) is 0 Å². The maximum atomic E-state index is 12.8. The first kappa shape index (κ1) is 14.8. The van der Waals surface area contributed by atoms with Gasteiger partial charge in [-0.15, -0.1) is 0 Å². The van der Waals surface area contributed by atoms with E-state index in [1.54, 1.807) is 13.0 Å². The van der Waals surface area contributed by atoms with E-state index in [0.717, 1.165) is 31.2 Å². The van der Waals surface area contributed by atoms with Crippen LogP contribution >= 0.6 is 0 Å². The van der Waals surface area contributed by atoms with Gasteiger partial charge in [-0.2, -0.15) is 0 Å². The molecule has 2 heterocycles. The summed E-state index contributed by atoms with van der Waals surface area (Å²) < 4.78 is 6.93. The Morgan fingerprint density at radius 3 is 2.73 bits per heavy atom. The molecule has 1 aliphatic rings. The van der Waals surface area contributed by atoms with Gasteiger partial charge < -0.3 is 9.14 Å². The third-order valence-electron chi connectivity index (χ3n) is 4.40. The molecular formula is C18H21NO3. The van der Waals surface area contributed by atoms with Crippen molar-refractivity contribution in [1.82, 2.24) is 4.40 Å². The van der Waals surface area contributed by atoms with Gasteiger partial charge in [0.15, 0.2) is 5.78 Å². The summed E-state index contributed by atoms with van der Waals surface area (Å²) in [6.45, 7) is 2.11. The number of fused-ring (bicyclic) bond motifs is 1. The standard InChI is InChI=1S/C18H21NO3/c1-2-22-18(21)14-12-16(19-11-7-6-10-15(14)19)17(20)13-8-4-3-5-9-13/h6-7,10-13H,2-5,8-9H2,1H3. The molecule has 22 heavy (non-hydrogen) atoms. The summed E-state index contributed by atoms with van der Waals surface area (Å²) in [5, 5.41) is 0. The van der Waals surface area contributed by atoms with E-state index in [0.29, 0.717) is 17.9 Å². The highest BCUT2D eigenvalue weighted by molar-refractivity contribution is 6.04. The number of pyridine rings is 1. The van der Waals surface area contributed by atoms with Crippen molar-refractivity contribution in [1.29, 1.82) is 0 Å². The molecule has 1 saturated carbocycles. The average Bonchev–Trinajstić information content (AvgIpc) is 2.95. The Hall–Kier alpha value is -2.10. The van der Waals surface area contributed by atoms with Crippen LogP contribution in [-0.4, -0.2) is 22.8 Å². The minimum atomic E-state index is -0.367. The van der Waals surface area contributed by atoms with Crippen molar-refractivity contribution < 1.29 is 14.3 Å². The lowest BCUT2D eigenvalue weighted by Gasteiger charge is -2.20. The number of ether oxygens (including phenoxy) is 1. The quantitative estimate of drug-likeness (QED) is 0.636. The molecule has 0 spiro atoms. The number of aromatic nitrogens is 1. The van der Waals surface area contributed by atoms with Gasteiger partial charge in [-0.25, -0.2) is 4.79 Å². The second-order valence-corrected chi connectivity index (χ2v) is 5.82. The minimum Gasteiger partial charge on any atom is -0.462 e. The normalized spacial score (nSPS) is 15.9. The van der Waals surface area contributed by atoms with Gasteiger partial charge in [-0.1, -0.05) is 25.3 Å². The van der Waals surface area contributed by atoms with E-state index in [-0.39, 0.29) is 17.7 Å². The molecular weight excluding hydrogens is 278 g/mol. The van der Waals surface area contributed by atoms with Gasteiger partial charge in [0.2, 0.25) is 0 Å². The van der Waals surface area contributed by atoms with E-state index in [1.165, 1.54) is 6.42 Å². The summed E-state index contributed by atoms with van der Waals surface area (Å²) in [7, 11) is 0. The molecule has 2 aromatic rings. The van der Waals surface area contributed by atoms with Crippen molar-refractivity contribution in [2.75, 3.05) is 6.61 Å². The molecule has 0 aliphatic heterocycles. The van der Waals surface area contributed by atoms with E-state index in [4.69, 9.17) is 4.74 Å². The van der Waals surface area contributed by atoms with Gasteiger partial charge in [0.25, 0.3) is 0 Å². The molecule has 2 aromatic heterocycles. The van der Waals surface area contributed by atoms with E-state index >= 15 is 0 Å². The van der Waals surface area contributed by atoms with Crippen molar-refractivity contribution in [3.8, 4) is 0 Å². The van der Waals surface area contributed by atoms with Crippen LogP contribution in [-0.2, 0) is 4.74 Å². The zero-order valence-electron chi connectivity index (χ0n) is 12.9. The minimum absolute atomic E-state index is 0.0853. The van der Waals surface area contributed by atoms with Gasteiger partial charge in [0.1, 0.15) is 0 Å². The lowest BCUT2D eigenvalue weighted by atomic mass is 9.85. The second-order valence-electron chi connectivity index (χ2n) is 5.82. The summed E-state index contributed by atoms with van der Waals surface area (Å²) in [5.74, 6) is -0.132. The van der Waals surface area contributed by atoms with Crippen LogP contribution in [0.4, 0.5) is 0 Å². The Balaban J connectivity index is 2.02. The molecule has 0 atom stereocenters. The molecule has 116 valence electrons. The van der Waals surface area contributed by atoms with Gasteiger partial charge in [-0.3, -0.25) is 4.79 Å². The smallest absolute Gasteiger partial charge is 0.340 e. The van der Waals surface area contributed by atoms with Crippen LogP contribution in [0.25, 0.3) is 5.52 Å². The Bertz CT molecular complexity index is 695. The molecule has 4 nitrogen and oxygen atoms in total. The topological polar surface area (TPSA) is 47.8 Å². The highest BCUT2D eigenvalue weighted by atomic mass is 16.5. The summed E-state index contributed by atoms with van der Waals surface area (Å²) >= 11 is 0. The molecule has 1 fully saturated rings. The molecule has 0 unspecified atom stereocenters.